The fourth-order valence-electron chi connectivity index (χ4n) is 7.79. The molecule has 0 aromatic heterocycles. The lowest BCUT2D eigenvalue weighted by Crippen LogP contribution is -2.49. The van der Waals surface area contributed by atoms with Gasteiger partial charge in [-0.15, -0.1) is 0 Å². The third-order valence-corrected chi connectivity index (χ3v) is 25.3. The van der Waals surface area contributed by atoms with Crippen molar-refractivity contribution in [2.24, 2.45) is 23.7 Å². The van der Waals surface area contributed by atoms with Gasteiger partial charge in [-0.05, 0) is 97.8 Å². The Bertz CT molecular complexity index is 830. The van der Waals surface area contributed by atoms with Gasteiger partial charge in [0.05, 0.1) is 19.6 Å². The van der Waals surface area contributed by atoms with Gasteiger partial charge >= 0.3 is 0 Å². The van der Waals surface area contributed by atoms with Crippen molar-refractivity contribution in [1.82, 2.24) is 0 Å². The van der Waals surface area contributed by atoms with Crippen LogP contribution < -0.4 is 0 Å². The molecule has 0 saturated heterocycles. The quantitative estimate of drug-likeness (QED) is 0.301. The molecule has 4 aliphatic rings. The van der Waals surface area contributed by atoms with Crippen LogP contribution in [0, 0.1) is 23.7 Å². The fourth-order valence-corrected chi connectivity index (χ4v) is 15.4. The van der Waals surface area contributed by atoms with Crippen LogP contribution in [0.4, 0.5) is 0 Å². The Hall–Kier alpha value is -0.269. The number of rotatable bonds is 6. The summed E-state index contributed by atoms with van der Waals surface area (Å²) >= 11 is 0. The van der Waals surface area contributed by atoms with Gasteiger partial charge in [-0.2, -0.15) is 0 Å². The van der Waals surface area contributed by atoms with Crippen molar-refractivity contribution in [3.8, 4) is 0 Å². The number of allylic oxidation sites excluding steroid dienone is 4. The van der Waals surface area contributed by atoms with E-state index < -0.39 is 24.7 Å². The summed E-state index contributed by atoms with van der Waals surface area (Å²) in [6.45, 7) is 29.7. The lowest BCUT2D eigenvalue weighted by molar-refractivity contribution is 0.262. The highest BCUT2D eigenvalue weighted by Gasteiger charge is 2.58. The average Bonchev–Trinajstić information content (AvgIpc) is 3.29. The first-order chi connectivity index (χ1) is 16.9. The van der Waals surface area contributed by atoms with Crippen LogP contribution >= 0.6 is 0 Å². The molecule has 2 saturated carbocycles. The molecule has 0 aromatic carbocycles. The monoisotopic (exact) mass is 560 g/mol. The highest BCUT2D eigenvalue weighted by Crippen LogP contribution is 2.63. The summed E-state index contributed by atoms with van der Waals surface area (Å²) in [7, 11) is -5.63. The molecule has 5 heteroatoms. The predicted octanol–water partition coefficient (Wildman–Crippen LogP) is 10.9. The van der Waals surface area contributed by atoms with Gasteiger partial charge in [-0.1, -0.05) is 80.3 Å². The van der Waals surface area contributed by atoms with E-state index in [1.54, 1.807) is 0 Å². The molecule has 0 spiro atoms. The van der Waals surface area contributed by atoms with Gasteiger partial charge in [0.1, 0.15) is 0 Å². The Kier molecular flexibility index (Phi) is 8.01. The number of hydrogen-bond acceptors (Lipinski definition) is 2. The largest absolute Gasteiger partial charge is 0.547 e. The Morgan fingerprint density at radius 1 is 0.568 bits per heavy atom. The summed E-state index contributed by atoms with van der Waals surface area (Å²) in [5.41, 5.74) is 1.29. The molecule has 37 heavy (non-hydrogen) atoms. The maximum Gasteiger partial charge on any atom is 0.250 e. The van der Waals surface area contributed by atoms with Gasteiger partial charge in [0.25, 0.3) is 0 Å². The van der Waals surface area contributed by atoms with E-state index in [-0.39, 0.29) is 10.1 Å². The zero-order valence-electron chi connectivity index (χ0n) is 26.6. The van der Waals surface area contributed by atoms with Crippen molar-refractivity contribution < 1.29 is 8.85 Å². The summed E-state index contributed by atoms with van der Waals surface area (Å²) in [6, 6.07) is 0. The van der Waals surface area contributed by atoms with Crippen molar-refractivity contribution in [3.63, 3.8) is 0 Å². The molecule has 0 radical (unpaired) electrons. The zero-order chi connectivity index (χ0) is 27.6. The first kappa shape index (κ1) is 29.7. The van der Waals surface area contributed by atoms with E-state index in [1.807, 2.05) is 0 Å². The van der Waals surface area contributed by atoms with Crippen molar-refractivity contribution >= 4 is 24.7 Å². The van der Waals surface area contributed by atoms with Crippen LogP contribution in [-0.4, -0.2) is 24.7 Å². The minimum atomic E-state index is -1.89. The third kappa shape index (κ3) is 5.53. The molecule has 2 fully saturated rings. The van der Waals surface area contributed by atoms with E-state index in [4.69, 9.17) is 8.85 Å². The maximum absolute atomic E-state index is 7.32. The van der Waals surface area contributed by atoms with Gasteiger partial charge in [-0.3, -0.25) is 0 Å². The fraction of sp³-hybridized carbons (Fsp3) is 0.875. The van der Waals surface area contributed by atoms with Crippen LogP contribution in [0.15, 0.2) is 23.7 Å². The number of hydrogen-bond donors (Lipinski definition) is 0. The molecule has 6 atom stereocenters. The van der Waals surface area contributed by atoms with Crippen molar-refractivity contribution in [3.05, 3.63) is 23.7 Å². The van der Waals surface area contributed by atoms with Crippen LogP contribution in [0.25, 0.3) is 0 Å². The van der Waals surface area contributed by atoms with Gasteiger partial charge in [-0.25, -0.2) is 0 Å². The molecular formula is C32H60O2Si3. The zero-order valence-corrected chi connectivity index (χ0v) is 29.6. The minimum Gasteiger partial charge on any atom is -0.547 e. The highest BCUT2D eigenvalue weighted by molar-refractivity contribution is 6.82. The standard InChI is InChI=1S/C32H60O2Si3/c1-31(2,3)36(9,10)33-27-21-23-17-13-15-19-25(23)29(27)35(7,8)30-26-20-16-14-18-24(26)22-28(30)34-37(11,12)32(4,5)6/h21-26,29-30H,13-20H2,1-12H3. The van der Waals surface area contributed by atoms with Gasteiger partial charge in [0.15, 0.2) is 0 Å². The number of fused-ring (bicyclic) bond motifs is 2. The van der Waals surface area contributed by atoms with Crippen LogP contribution in [0.2, 0.25) is 60.4 Å². The molecule has 4 rings (SSSR count). The van der Waals surface area contributed by atoms with Crippen LogP contribution in [0.3, 0.4) is 0 Å². The first-order valence-electron chi connectivity index (χ1n) is 15.7. The molecule has 2 nitrogen and oxygen atoms in total. The summed E-state index contributed by atoms with van der Waals surface area (Å²) in [6.07, 6.45) is 16.5. The van der Waals surface area contributed by atoms with E-state index in [9.17, 15) is 0 Å². The molecule has 0 N–H and O–H groups in total. The Morgan fingerprint density at radius 3 is 1.22 bits per heavy atom. The topological polar surface area (TPSA) is 18.5 Å². The summed E-state index contributed by atoms with van der Waals surface area (Å²) in [4.78, 5) is 0. The van der Waals surface area contributed by atoms with Crippen molar-refractivity contribution in [2.45, 2.75) is 153 Å². The summed E-state index contributed by atoms with van der Waals surface area (Å²) in [5.74, 6) is 5.95. The van der Waals surface area contributed by atoms with E-state index in [0.717, 1.165) is 23.7 Å². The van der Waals surface area contributed by atoms with Crippen LogP contribution in [0.5, 0.6) is 0 Å². The lowest BCUT2D eigenvalue weighted by atomic mass is 9.81. The molecular weight excluding hydrogens is 501 g/mol. The van der Waals surface area contributed by atoms with Gasteiger partial charge in [0, 0.05) is 11.1 Å². The Balaban J connectivity index is 1.74. The average molecular weight is 561 g/mol. The third-order valence-electron chi connectivity index (χ3n) is 11.9. The first-order valence-corrected chi connectivity index (χ1v) is 24.7. The van der Waals surface area contributed by atoms with Crippen LogP contribution in [0.1, 0.15) is 92.9 Å². The van der Waals surface area contributed by atoms with Crippen LogP contribution in [-0.2, 0) is 8.85 Å². The normalized spacial score (nSPS) is 33.4. The molecule has 0 aliphatic heterocycles. The molecule has 212 valence electrons. The maximum atomic E-state index is 7.32. The van der Waals surface area contributed by atoms with E-state index in [0.29, 0.717) is 11.1 Å². The SMILES string of the molecule is CC(C)(C)[Si](C)(C)OC1=CC2CCCCC2C1[Si](C)(C)C1C(O[Si](C)(C)C(C)(C)C)=CC2CCCCC21. The second-order valence-corrected chi connectivity index (χ2v) is 31.2. The van der Waals surface area contributed by atoms with E-state index in [2.05, 4.69) is 93.0 Å². The molecule has 0 aromatic rings. The molecule has 4 aliphatic carbocycles. The van der Waals surface area contributed by atoms with Crippen molar-refractivity contribution in [2.75, 3.05) is 0 Å². The molecule has 0 heterocycles. The molecule has 0 bridgehead atoms. The Labute approximate surface area is 233 Å². The second-order valence-electron chi connectivity index (χ2n) is 16.9. The molecule has 0 amide bonds. The second kappa shape index (κ2) is 9.98. The molecule has 6 unspecified atom stereocenters. The van der Waals surface area contributed by atoms with Crippen molar-refractivity contribution in [1.29, 1.82) is 0 Å². The van der Waals surface area contributed by atoms with E-state index >= 15 is 0 Å². The summed E-state index contributed by atoms with van der Waals surface area (Å²) in [5, 5.41) is 0.465. The lowest BCUT2D eigenvalue weighted by Gasteiger charge is -2.49. The van der Waals surface area contributed by atoms with E-state index in [1.165, 1.54) is 62.9 Å². The Morgan fingerprint density at radius 2 is 0.892 bits per heavy atom. The predicted molar refractivity (Wildman–Crippen MR) is 169 cm³/mol. The van der Waals surface area contributed by atoms with Gasteiger partial charge < -0.3 is 8.85 Å². The minimum absolute atomic E-state index is 0.232. The highest BCUT2D eigenvalue weighted by atomic mass is 28.4. The van der Waals surface area contributed by atoms with Gasteiger partial charge in [0.2, 0.25) is 16.6 Å². The smallest absolute Gasteiger partial charge is 0.250 e. The summed E-state index contributed by atoms with van der Waals surface area (Å²) < 4.78 is 14.6.